The molecule has 1 saturated heterocycles. The molecule has 0 spiro atoms. The highest BCUT2D eigenvalue weighted by molar-refractivity contribution is 9.10. The van der Waals surface area contributed by atoms with Gasteiger partial charge in [-0.2, -0.15) is 0 Å². The van der Waals surface area contributed by atoms with Crippen LogP contribution in [0.2, 0.25) is 0 Å². The second-order valence-electron chi connectivity index (χ2n) is 5.50. The molecule has 7 heteroatoms. The van der Waals surface area contributed by atoms with Gasteiger partial charge in [0.15, 0.2) is 0 Å². The molecule has 1 aromatic carbocycles. The van der Waals surface area contributed by atoms with E-state index in [1.807, 2.05) is 18.7 Å². The number of amides is 1. The maximum Gasteiger partial charge on any atom is 0.292 e. The number of hydrogen-bond donors (Lipinski definition) is 0. The lowest BCUT2D eigenvalue weighted by atomic mass is 10.1. The number of benzene rings is 1. The van der Waals surface area contributed by atoms with Crippen molar-refractivity contribution in [2.75, 3.05) is 31.1 Å². The second-order valence-corrected chi connectivity index (χ2v) is 7.48. The maximum atomic E-state index is 12.2. The number of rotatable bonds is 3. The van der Waals surface area contributed by atoms with E-state index in [4.69, 9.17) is 0 Å². The number of hydrogen-bond acceptors (Lipinski definition) is 4. The van der Waals surface area contributed by atoms with Crippen molar-refractivity contribution in [2.45, 2.75) is 18.2 Å². The third-order valence-electron chi connectivity index (χ3n) is 3.49. The smallest absolute Gasteiger partial charge is 0.292 e. The fraction of sp³-hybridized carbons (Fsp3) is 0.500. The molecule has 1 aliphatic rings. The summed E-state index contributed by atoms with van der Waals surface area (Å²) in [5, 5.41) is 11.1. The predicted molar refractivity (Wildman–Crippen MR) is 84.9 cm³/mol. The summed E-state index contributed by atoms with van der Waals surface area (Å²) >= 11 is 3.38. The van der Waals surface area contributed by atoms with Gasteiger partial charge < -0.3 is 9.80 Å². The van der Waals surface area contributed by atoms with Gasteiger partial charge in [0.05, 0.1) is 9.25 Å². The number of nitrogens with zero attached hydrogens (tertiary/aromatic N) is 3. The van der Waals surface area contributed by atoms with Crippen molar-refractivity contribution in [1.29, 1.82) is 0 Å². The van der Waals surface area contributed by atoms with Crippen LogP contribution in [0, 0.1) is 10.1 Å². The van der Waals surface area contributed by atoms with Crippen LogP contribution < -0.4 is 4.90 Å². The van der Waals surface area contributed by atoms with Crippen molar-refractivity contribution >= 4 is 33.2 Å². The third-order valence-corrected chi connectivity index (χ3v) is 3.83. The normalized spacial score (nSPS) is 16.0. The molecule has 0 atom stereocenters. The molecule has 21 heavy (non-hydrogen) atoms. The summed E-state index contributed by atoms with van der Waals surface area (Å²) in [5.74, 6) is 0.0460. The van der Waals surface area contributed by atoms with Gasteiger partial charge in [0.25, 0.3) is 5.69 Å². The molecule has 0 aromatic heterocycles. The van der Waals surface area contributed by atoms with Crippen LogP contribution in [0.4, 0.5) is 11.4 Å². The van der Waals surface area contributed by atoms with Crippen LogP contribution in [0.1, 0.15) is 13.8 Å². The van der Waals surface area contributed by atoms with E-state index in [1.54, 1.807) is 23.1 Å². The summed E-state index contributed by atoms with van der Waals surface area (Å²) in [7, 11) is 0. The van der Waals surface area contributed by atoms with Gasteiger partial charge in [-0.15, -0.1) is 0 Å². The molecule has 1 aliphatic heterocycles. The van der Waals surface area contributed by atoms with Crippen LogP contribution >= 0.6 is 15.9 Å². The van der Waals surface area contributed by atoms with Gasteiger partial charge in [-0.05, 0) is 19.9 Å². The first-order chi connectivity index (χ1) is 9.80. The van der Waals surface area contributed by atoms with E-state index in [0.717, 1.165) is 0 Å². The largest absolute Gasteiger partial charge is 0.362 e. The second kappa shape index (κ2) is 6.01. The van der Waals surface area contributed by atoms with Gasteiger partial charge in [-0.3, -0.25) is 14.9 Å². The molecule has 0 N–H and O–H groups in total. The molecule has 114 valence electrons. The van der Waals surface area contributed by atoms with E-state index in [-0.39, 0.29) is 16.5 Å². The zero-order valence-corrected chi connectivity index (χ0v) is 13.7. The fourth-order valence-electron chi connectivity index (χ4n) is 2.41. The molecular weight excluding hydrogens is 338 g/mol. The van der Waals surface area contributed by atoms with E-state index in [0.29, 0.717) is 31.9 Å². The summed E-state index contributed by atoms with van der Waals surface area (Å²) in [6.45, 7) is 5.98. The molecule has 2 rings (SSSR count). The van der Waals surface area contributed by atoms with E-state index in [2.05, 4.69) is 15.9 Å². The van der Waals surface area contributed by atoms with Crippen LogP contribution in [0.3, 0.4) is 0 Å². The summed E-state index contributed by atoms with van der Waals surface area (Å²) in [5.41, 5.74) is 0.728. The Labute approximate surface area is 132 Å². The zero-order valence-electron chi connectivity index (χ0n) is 12.1. The SMILES string of the molecule is CC(C)(Br)C(=O)N1CCN(c2ccccc2[N+](=O)[O-])CC1. The van der Waals surface area contributed by atoms with E-state index in [9.17, 15) is 14.9 Å². The number of piperazine rings is 1. The minimum Gasteiger partial charge on any atom is -0.362 e. The van der Waals surface area contributed by atoms with Crippen molar-refractivity contribution in [2.24, 2.45) is 0 Å². The van der Waals surface area contributed by atoms with Crippen LogP contribution in [-0.4, -0.2) is 46.2 Å². The monoisotopic (exact) mass is 355 g/mol. The summed E-state index contributed by atoms with van der Waals surface area (Å²) in [4.78, 5) is 26.7. The Morgan fingerprint density at radius 3 is 2.33 bits per heavy atom. The van der Waals surface area contributed by atoms with Crippen molar-refractivity contribution in [3.63, 3.8) is 0 Å². The minimum absolute atomic E-state index is 0.0460. The molecule has 0 bridgehead atoms. The molecule has 1 amide bonds. The Balaban J connectivity index is 2.09. The lowest BCUT2D eigenvalue weighted by Crippen LogP contribution is -2.52. The Morgan fingerprint density at radius 1 is 1.24 bits per heavy atom. The van der Waals surface area contributed by atoms with Gasteiger partial charge in [0.2, 0.25) is 5.91 Å². The highest BCUT2D eigenvalue weighted by Gasteiger charge is 2.32. The highest BCUT2D eigenvalue weighted by atomic mass is 79.9. The third kappa shape index (κ3) is 3.53. The summed E-state index contributed by atoms with van der Waals surface area (Å²) in [6.07, 6.45) is 0. The number of para-hydroxylation sites is 2. The average Bonchev–Trinajstić information content (AvgIpc) is 2.45. The molecule has 1 aromatic rings. The van der Waals surface area contributed by atoms with Crippen molar-refractivity contribution in [3.8, 4) is 0 Å². The predicted octanol–water partition coefficient (Wildman–Crippen LogP) is 2.42. The number of carbonyl (C=O) groups excluding carboxylic acids is 1. The topological polar surface area (TPSA) is 66.7 Å². The van der Waals surface area contributed by atoms with Crippen LogP contribution in [0.15, 0.2) is 24.3 Å². The van der Waals surface area contributed by atoms with Gasteiger partial charge >= 0.3 is 0 Å². The molecule has 1 heterocycles. The number of nitro groups is 1. The molecular formula is C14H18BrN3O3. The van der Waals surface area contributed by atoms with Crippen LogP contribution in [0.25, 0.3) is 0 Å². The fourth-order valence-corrected chi connectivity index (χ4v) is 2.66. The minimum atomic E-state index is -0.575. The zero-order chi connectivity index (χ0) is 15.6. The quantitative estimate of drug-likeness (QED) is 0.474. The number of alkyl halides is 1. The first kappa shape index (κ1) is 15.8. The van der Waals surface area contributed by atoms with Gasteiger partial charge in [-0.25, -0.2) is 0 Å². The van der Waals surface area contributed by atoms with Crippen LogP contribution in [0.5, 0.6) is 0 Å². The molecule has 0 unspecified atom stereocenters. The average molecular weight is 356 g/mol. The molecule has 1 fully saturated rings. The van der Waals surface area contributed by atoms with Gasteiger partial charge in [0.1, 0.15) is 5.69 Å². The molecule has 0 radical (unpaired) electrons. The Kier molecular flexibility index (Phi) is 4.51. The molecule has 0 aliphatic carbocycles. The summed E-state index contributed by atoms with van der Waals surface area (Å²) in [6, 6.07) is 6.72. The highest BCUT2D eigenvalue weighted by Crippen LogP contribution is 2.29. The van der Waals surface area contributed by atoms with E-state index in [1.165, 1.54) is 6.07 Å². The van der Waals surface area contributed by atoms with Gasteiger partial charge in [0, 0.05) is 32.2 Å². The van der Waals surface area contributed by atoms with Crippen molar-refractivity contribution < 1.29 is 9.72 Å². The standard InChI is InChI=1S/C14H18BrN3O3/c1-14(2,15)13(19)17-9-7-16(8-10-17)11-5-3-4-6-12(11)18(20)21/h3-6H,7-10H2,1-2H3. The summed E-state index contributed by atoms with van der Waals surface area (Å²) < 4.78 is -0.575. The lowest BCUT2D eigenvalue weighted by Gasteiger charge is -2.37. The number of anilines is 1. The first-order valence-corrected chi connectivity index (χ1v) is 7.56. The number of carbonyl (C=O) groups is 1. The van der Waals surface area contributed by atoms with Crippen molar-refractivity contribution in [3.05, 3.63) is 34.4 Å². The Bertz CT molecular complexity index is 549. The first-order valence-electron chi connectivity index (χ1n) is 6.77. The number of nitro benzene ring substituents is 1. The van der Waals surface area contributed by atoms with Gasteiger partial charge in [-0.1, -0.05) is 28.1 Å². The Morgan fingerprint density at radius 2 is 1.81 bits per heavy atom. The van der Waals surface area contributed by atoms with E-state index >= 15 is 0 Å². The number of halogens is 1. The Hall–Kier alpha value is -1.63. The van der Waals surface area contributed by atoms with Crippen LogP contribution in [-0.2, 0) is 4.79 Å². The van der Waals surface area contributed by atoms with Crippen molar-refractivity contribution in [1.82, 2.24) is 4.90 Å². The lowest BCUT2D eigenvalue weighted by molar-refractivity contribution is -0.384. The maximum absolute atomic E-state index is 12.2. The van der Waals surface area contributed by atoms with E-state index < -0.39 is 4.32 Å². The molecule has 6 nitrogen and oxygen atoms in total. The molecule has 0 saturated carbocycles.